The fourth-order valence-corrected chi connectivity index (χ4v) is 1.43. The smallest absolute Gasteiger partial charge is 0.327 e. The van der Waals surface area contributed by atoms with Gasteiger partial charge in [-0.25, -0.2) is 4.79 Å². The molecule has 0 spiro atoms. The second-order valence-corrected chi connectivity index (χ2v) is 4.09. The normalized spacial score (nSPS) is 22.6. The van der Waals surface area contributed by atoms with Crippen molar-refractivity contribution in [1.82, 2.24) is 0 Å². The predicted molar refractivity (Wildman–Crippen MR) is 67.5 cm³/mol. The first-order valence-electron chi connectivity index (χ1n) is 5.58. The third kappa shape index (κ3) is 15.2. The molecule has 3 nitrogen and oxygen atoms in total. The lowest BCUT2D eigenvalue weighted by Gasteiger charge is -2.22. The topological polar surface area (TPSA) is 57.5 Å². The van der Waals surface area contributed by atoms with Crippen molar-refractivity contribution in [2.24, 2.45) is 11.8 Å². The number of rotatable bonds is 1. The van der Waals surface area contributed by atoms with Gasteiger partial charge in [-0.1, -0.05) is 52.7 Å². The van der Waals surface area contributed by atoms with Crippen molar-refractivity contribution in [3.63, 3.8) is 0 Å². The standard InChI is InChI=1S/C8H16.C3H4O2.C2H4O/c1-7-3-5-8(2)6-4-7;1-2-3(4)5;1-2-3/h7-8H,3-6H2,1-2H3;2H,1H2,(H,4,5);2-3H,1H2. The highest BCUT2D eigenvalue weighted by Crippen LogP contribution is 2.27. The third-order valence-corrected chi connectivity index (χ3v) is 2.48. The Bertz CT molecular complexity index is 181. The number of carboxylic acids is 1. The minimum atomic E-state index is -0.981. The first-order chi connectivity index (χ1) is 7.47. The van der Waals surface area contributed by atoms with Gasteiger partial charge in [-0.3, -0.25) is 0 Å². The Morgan fingerprint density at radius 1 is 1.12 bits per heavy atom. The van der Waals surface area contributed by atoms with Crippen LogP contribution in [0.15, 0.2) is 25.5 Å². The maximum Gasteiger partial charge on any atom is 0.327 e. The second kappa shape index (κ2) is 11.8. The van der Waals surface area contributed by atoms with Crippen molar-refractivity contribution >= 4 is 5.97 Å². The van der Waals surface area contributed by atoms with Crippen LogP contribution in [0.1, 0.15) is 39.5 Å². The lowest BCUT2D eigenvalue weighted by atomic mass is 9.84. The number of carbonyl (C=O) groups is 1. The summed E-state index contributed by atoms with van der Waals surface area (Å²) < 4.78 is 0. The van der Waals surface area contributed by atoms with Crippen LogP contribution in [0.4, 0.5) is 0 Å². The van der Waals surface area contributed by atoms with Gasteiger partial charge in [-0.15, -0.1) is 0 Å². The average molecular weight is 228 g/mol. The van der Waals surface area contributed by atoms with Crippen LogP contribution >= 0.6 is 0 Å². The molecule has 94 valence electrons. The zero-order valence-electron chi connectivity index (χ0n) is 10.4. The lowest BCUT2D eigenvalue weighted by molar-refractivity contribution is -0.131. The van der Waals surface area contributed by atoms with Crippen LogP contribution < -0.4 is 0 Å². The predicted octanol–water partition coefficient (Wildman–Crippen LogP) is 3.78. The zero-order chi connectivity index (χ0) is 13.0. The first-order valence-corrected chi connectivity index (χ1v) is 5.58. The van der Waals surface area contributed by atoms with Gasteiger partial charge in [0, 0.05) is 6.08 Å². The molecule has 0 amide bonds. The van der Waals surface area contributed by atoms with Gasteiger partial charge in [0.15, 0.2) is 0 Å². The van der Waals surface area contributed by atoms with Gasteiger partial charge in [0.1, 0.15) is 0 Å². The number of aliphatic carboxylic acids is 1. The molecule has 0 radical (unpaired) electrons. The summed E-state index contributed by atoms with van der Waals surface area (Å²) in [7, 11) is 0. The molecule has 0 atom stereocenters. The van der Waals surface area contributed by atoms with E-state index in [1.165, 1.54) is 25.7 Å². The largest absolute Gasteiger partial charge is 0.516 e. The SMILES string of the molecule is C=CC(=O)O.C=CO.CC1CCC(C)CC1. The van der Waals surface area contributed by atoms with E-state index in [0.29, 0.717) is 0 Å². The van der Waals surface area contributed by atoms with Crippen LogP contribution in [0, 0.1) is 11.8 Å². The molecular weight excluding hydrogens is 204 g/mol. The van der Waals surface area contributed by atoms with E-state index in [1.54, 1.807) is 0 Å². The molecule has 0 aliphatic heterocycles. The maximum atomic E-state index is 9.25. The summed E-state index contributed by atoms with van der Waals surface area (Å²) in [5, 5.41) is 14.9. The summed E-state index contributed by atoms with van der Waals surface area (Å²) in [4.78, 5) is 9.25. The van der Waals surface area contributed by atoms with E-state index in [-0.39, 0.29) is 0 Å². The highest BCUT2D eigenvalue weighted by Gasteiger charge is 2.13. The Balaban J connectivity index is 0. The summed E-state index contributed by atoms with van der Waals surface area (Å²) in [5.74, 6) is 1.06. The van der Waals surface area contributed by atoms with E-state index in [2.05, 4.69) is 27.0 Å². The number of hydrogen-bond donors (Lipinski definition) is 2. The van der Waals surface area contributed by atoms with Crippen LogP contribution in [-0.2, 0) is 4.79 Å². The quantitative estimate of drug-likeness (QED) is 0.530. The second-order valence-electron chi connectivity index (χ2n) is 4.09. The molecule has 3 heteroatoms. The van der Waals surface area contributed by atoms with Crippen molar-refractivity contribution in [3.8, 4) is 0 Å². The minimum absolute atomic E-state index is 0.750. The molecule has 1 rings (SSSR count). The van der Waals surface area contributed by atoms with Crippen LogP contribution in [0.5, 0.6) is 0 Å². The van der Waals surface area contributed by atoms with Gasteiger partial charge < -0.3 is 10.2 Å². The Labute approximate surface area is 98.5 Å². The van der Waals surface area contributed by atoms with Crippen molar-refractivity contribution in [2.45, 2.75) is 39.5 Å². The number of aliphatic hydroxyl groups is 1. The van der Waals surface area contributed by atoms with Crippen molar-refractivity contribution in [3.05, 3.63) is 25.5 Å². The van der Waals surface area contributed by atoms with Crippen molar-refractivity contribution < 1.29 is 15.0 Å². The molecule has 1 aliphatic carbocycles. The summed E-state index contributed by atoms with van der Waals surface area (Å²) in [5.41, 5.74) is 0. The van der Waals surface area contributed by atoms with Gasteiger partial charge >= 0.3 is 5.97 Å². The molecule has 0 aromatic heterocycles. The highest BCUT2D eigenvalue weighted by molar-refractivity contribution is 5.78. The van der Waals surface area contributed by atoms with E-state index in [9.17, 15) is 4.79 Å². The summed E-state index contributed by atoms with van der Waals surface area (Å²) >= 11 is 0. The van der Waals surface area contributed by atoms with E-state index >= 15 is 0 Å². The molecule has 0 saturated heterocycles. The monoisotopic (exact) mass is 228 g/mol. The molecule has 0 heterocycles. The van der Waals surface area contributed by atoms with E-state index in [4.69, 9.17) is 10.2 Å². The van der Waals surface area contributed by atoms with Gasteiger partial charge in [0.2, 0.25) is 0 Å². The van der Waals surface area contributed by atoms with E-state index < -0.39 is 5.97 Å². The summed E-state index contributed by atoms with van der Waals surface area (Å²) in [6, 6.07) is 0. The summed E-state index contributed by atoms with van der Waals surface area (Å²) in [6.45, 7) is 10.6. The van der Waals surface area contributed by atoms with Crippen LogP contribution in [0.2, 0.25) is 0 Å². The molecule has 0 unspecified atom stereocenters. The summed E-state index contributed by atoms with van der Waals surface area (Å²) in [6.07, 6.45) is 7.48. The van der Waals surface area contributed by atoms with Gasteiger partial charge in [-0.2, -0.15) is 0 Å². The average Bonchev–Trinajstić information content (AvgIpc) is 2.24. The van der Waals surface area contributed by atoms with E-state index in [0.717, 1.165) is 24.2 Å². The molecule has 0 aromatic rings. The van der Waals surface area contributed by atoms with Gasteiger partial charge in [0.05, 0.1) is 6.26 Å². The van der Waals surface area contributed by atoms with Gasteiger partial charge in [-0.05, 0) is 11.8 Å². The van der Waals surface area contributed by atoms with E-state index in [1.807, 2.05) is 0 Å². The minimum Gasteiger partial charge on any atom is -0.516 e. The first kappa shape index (κ1) is 17.2. The molecule has 0 aromatic carbocycles. The molecule has 2 N–H and O–H groups in total. The number of aliphatic hydroxyl groups excluding tert-OH is 1. The fraction of sp³-hybridized carbons (Fsp3) is 0.615. The molecule has 1 aliphatic rings. The third-order valence-electron chi connectivity index (χ3n) is 2.48. The zero-order valence-corrected chi connectivity index (χ0v) is 10.4. The Morgan fingerprint density at radius 3 is 1.44 bits per heavy atom. The highest BCUT2D eigenvalue weighted by atomic mass is 16.4. The Hall–Kier alpha value is -1.25. The maximum absolute atomic E-state index is 9.25. The van der Waals surface area contributed by atoms with Crippen molar-refractivity contribution in [1.29, 1.82) is 0 Å². The van der Waals surface area contributed by atoms with Crippen LogP contribution in [0.3, 0.4) is 0 Å². The molecule has 16 heavy (non-hydrogen) atoms. The lowest BCUT2D eigenvalue weighted by Crippen LogP contribution is -2.08. The van der Waals surface area contributed by atoms with Crippen LogP contribution in [0.25, 0.3) is 0 Å². The Morgan fingerprint density at radius 2 is 1.31 bits per heavy atom. The van der Waals surface area contributed by atoms with Crippen molar-refractivity contribution in [2.75, 3.05) is 0 Å². The molecule has 1 fully saturated rings. The fourth-order valence-electron chi connectivity index (χ4n) is 1.43. The van der Waals surface area contributed by atoms with Gasteiger partial charge in [0.25, 0.3) is 0 Å². The van der Waals surface area contributed by atoms with Crippen LogP contribution in [-0.4, -0.2) is 16.2 Å². The molecule has 1 saturated carbocycles. The number of hydrogen-bond acceptors (Lipinski definition) is 2. The molecular formula is C13H24O3. The Kier molecular flexibility index (Phi) is 12.7. The number of carboxylic acid groups (broad SMARTS) is 1. The molecule has 0 bridgehead atoms.